The number of nitrogen functional groups attached to an aromatic ring is 1. The maximum absolute atomic E-state index is 6.26. The molecule has 2 N–H and O–H groups in total. The highest BCUT2D eigenvalue weighted by Gasteiger charge is 2.29. The molecule has 0 amide bonds. The molecule has 1 aliphatic heterocycles. The van der Waals surface area contributed by atoms with Crippen LogP contribution in [0.2, 0.25) is 0 Å². The molecule has 0 atom stereocenters. The van der Waals surface area contributed by atoms with Crippen molar-refractivity contribution >= 4 is 11.4 Å². The number of hydrogen-bond acceptors (Lipinski definition) is 4. The van der Waals surface area contributed by atoms with Crippen molar-refractivity contribution in [3.8, 4) is 22.7 Å². The molecule has 0 radical (unpaired) electrons. The van der Waals surface area contributed by atoms with Crippen LogP contribution in [0.3, 0.4) is 0 Å². The van der Waals surface area contributed by atoms with E-state index in [1.54, 1.807) is 0 Å². The fraction of sp³-hybridized carbons (Fsp3) is 0.323. The molecule has 5 rings (SSSR count). The third-order valence-electron chi connectivity index (χ3n) is 6.89. The Balaban J connectivity index is 1.69. The van der Waals surface area contributed by atoms with Crippen LogP contribution in [0.5, 0.6) is 5.75 Å². The van der Waals surface area contributed by atoms with Gasteiger partial charge in [0.15, 0.2) is 0 Å². The Kier molecular flexibility index (Phi) is 6.48. The van der Waals surface area contributed by atoms with E-state index in [1.807, 2.05) is 24.3 Å². The quantitative estimate of drug-likeness (QED) is 0.305. The first-order chi connectivity index (χ1) is 17.3. The van der Waals surface area contributed by atoms with Crippen molar-refractivity contribution in [1.82, 2.24) is 9.78 Å². The van der Waals surface area contributed by atoms with Gasteiger partial charge in [0.25, 0.3) is 0 Å². The molecule has 1 aliphatic rings. The molecule has 36 heavy (non-hydrogen) atoms. The van der Waals surface area contributed by atoms with E-state index in [1.165, 1.54) is 16.8 Å². The molecule has 4 aromatic rings. The van der Waals surface area contributed by atoms with Crippen molar-refractivity contribution in [3.63, 3.8) is 0 Å². The van der Waals surface area contributed by atoms with Gasteiger partial charge in [0, 0.05) is 42.0 Å². The molecule has 5 heteroatoms. The van der Waals surface area contributed by atoms with Gasteiger partial charge < -0.3 is 15.4 Å². The molecule has 5 nitrogen and oxygen atoms in total. The van der Waals surface area contributed by atoms with Crippen molar-refractivity contribution in [2.75, 3.05) is 17.2 Å². The summed E-state index contributed by atoms with van der Waals surface area (Å²) >= 11 is 0. The summed E-state index contributed by atoms with van der Waals surface area (Å²) in [7, 11) is 0. The van der Waals surface area contributed by atoms with Gasteiger partial charge in [0.05, 0.1) is 17.5 Å². The van der Waals surface area contributed by atoms with E-state index in [2.05, 4.69) is 86.7 Å². The molecular weight excluding hydrogens is 444 g/mol. The van der Waals surface area contributed by atoms with Crippen LogP contribution in [0.25, 0.3) is 16.9 Å². The van der Waals surface area contributed by atoms with Crippen molar-refractivity contribution < 1.29 is 4.74 Å². The van der Waals surface area contributed by atoms with E-state index in [9.17, 15) is 0 Å². The van der Waals surface area contributed by atoms with Crippen LogP contribution >= 0.6 is 0 Å². The molecule has 0 saturated carbocycles. The predicted molar refractivity (Wildman–Crippen MR) is 149 cm³/mol. The van der Waals surface area contributed by atoms with Gasteiger partial charge in [-0.05, 0) is 62.1 Å². The van der Waals surface area contributed by atoms with E-state index >= 15 is 0 Å². The average Bonchev–Trinajstić information content (AvgIpc) is 3.22. The third-order valence-corrected chi connectivity index (χ3v) is 6.89. The number of benzene rings is 3. The topological polar surface area (TPSA) is 56.3 Å². The minimum Gasteiger partial charge on any atom is -0.489 e. The van der Waals surface area contributed by atoms with Gasteiger partial charge in [0.1, 0.15) is 11.4 Å². The first-order valence-corrected chi connectivity index (χ1v) is 12.9. The van der Waals surface area contributed by atoms with Crippen LogP contribution < -0.4 is 15.4 Å². The Hall–Kier alpha value is -3.73. The average molecular weight is 481 g/mol. The van der Waals surface area contributed by atoms with Crippen molar-refractivity contribution in [2.45, 2.75) is 59.6 Å². The van der Waals surface area contributed by atoms with Crippen LogP contribution in [-0.4, -0.2) is 22.4 Å². The Morgan fingerprint density at radius 2 is 1.67 bits per heavy atom. The second-order valence-corrected chi connectivity index (χ2v) is 10.3. The molecule has 0 fully saturated rings. The maximum Gasteiger partial charge on any atom is 0.145 e. The SMILES string of the molecule is Cc1cccc(OC(C)C)c1-n1nc2c(c1-c1ccc(N)cc1)CN(c1ccccc1C(C)C)CC2. The fourth-order valence-corrected chi connectivity index (χ4v) is 5.19. The van der Waals surface area contributed by atoms with Crippen molar-refractivity contribution in [3.05, 3.63) is 89.1 Å². The molecule has 3 aromatic carbocycles. The largest absolute Gasteiger partial charge is 0.489 e. The first kappa shape index (κ1) is 24.0. The van der Waals surface area contributed by atoms with Gasteiger partial charge in [-0.2, -0.15) is 5.10 Å². The Morgan fingerprint density at radius 3 is 2.39 bits per heavy atom. The zero-order valence-electron chi connectivity index (χ0n) is 22.0. The van der Waals surface area contributed by atoms with E-state index < -0.39 is 0 Å². The van der Waals surface area contributed by atoms with Crippen LogP contribution in [-0.2, 0) is 13.0 Å². The highest BCUT2D eigenvalue weighted by Crippen LogP contribution is 2.39. The number of para-hydroxylation sites is 2. The third kappa shape index (κ3) is 4.46. The van der Waals surface area contributed by atoms with Crippen molar-refractivity contribution in [1.29, 1.82) is 0 Å². The normalized spacial score (nSPS) is 13.4. The molecule has 0 bridgehead atoms. The number of nitrogens with zero attached hydrogens (tertiary/aromatic N) is 3. The standard InChI is InChI=1S/C31H36N4O/c1-20(2)25-10-6-7-11-28(25)34-18-17-27-26(19-34)31(23-13-15-24(32)16-14-23)35(33-27)30-22(5)9-8-12-29(30)36-21(3)4/h6-16,20-21H,17-19,32H2,1-5H3. The fourth-order valence-electron chi connectivity index (χ4n) is 5.19. The Labute approximate surface area is 214 Å². The number of anilines is 2. The lowest BCUT2D eigenvalue weighted by Gasteiger charge is -2.31. The zero-order valence-corrected chi connectivity index (χ0v) is 22.0. The second kappa shape index (κ2) is 9.73. The molecule has 186 valence electrons. The predicted octanol–water partition coefficient (Wildman–Crippen LogP) is 6.90. The summed E-state index contributed by atoms with van der Waals surface area (Å²) < 4.78 is 8.38. The highest BCUT2D eigenvalue weighted by atomic mass is 16.5. The van der Waals surface area contributed by atoms with Crippen LogP contribution in [0.1, 0.15) is 56.0 Å². The second-order valence-electron chi connectivity index (χ2n) is 10.3. The summed E-state index contributed by atoms with van der Waals surface area (Å²) in [6.45, 7) is 12.5. The molecule has 0 aliphatic carbocycles. The van der Waals surface area contributed by atoms with Crippen LogP contribution in [0.15, 0.2) is 66.7 Å². The van der Waals surface area contributed by atoms with Crippen LogP contribution in [0.4, 0.5) is 11.4 Å². The number of nitrogens with two attached hydrogens (primary N) is 1. The summed E-state index contributed by atoms with van der Waals surface area (Å²) in [6, 6.07) is 23.1. The van der Waals surface area contributed by atoms with Crippen LogP contribution in [0, 0.1) is 6.92 Å². The van der Waals surface area contributed by atoms with Gasteiger partial charge in [0.2, 0.25) is 0 Å². The minimum absolute atomic E-state index is 0.0683. The van der Waals surface area contributed by atoms with E-state index in [0.29, 0.717) is 5.92 Å². The molecule has 0 unspecified atom stereocenters. The summed E-state index contributed by atoms with van der Waals surface area (Å²) in [5.41, 5.74) is 16.3. The Morgan fingerprint density at radius 1 is 0.917 bits per heavy atom. The molecular formula is C31H36N4O. The molecule has 0 saturated heterocycles. The molecule has 1 aromatic heterocycles. The number of aryl methyl sites for hydroxylation is 1. The minimum atomic E-state index is 0.0683. The molecule has 0 spiro atoms. The number of rotatable bonds is 6. The van der Waals surface area contributed by atoms with Gasteiger partial charge in [-0.3, -0.25) is 0 Å². The number of ether oxygens (including phenoxy) is 1. The van der Waals surface area contributed by atoms with E-state index in [0.717, 1.165) is 59.1 Å². The monoisotopic (exact) mass is 480 g/mol. The maximum atomic E-state index is 6.26. The smallest absolute Gasteiger partial charge is 0.145 e. The lowest BCUT2D eigenvalue weighted by molar-refractivity contribution is 0.241. The van der Waals surface area contributed by atoms with Gasteiger partial charge in [-0.25, -0.2) is 4.68 Å². The van der Waals surface area contributed by atoms with Gasteiger partial charge in [-0.15, -0.1) is 0 Å². The van der Waals surface area contributed by atoms with Gasteiger partial charge >= 0.3 is 0 Å². The van der Waals surface area contributed by atoms with E-state index in [4.69, 9.17) is 15.6 Å². The van der Waals surface area contributed by atoms with Gasteiger partial charge in [-0.1, -0.05) is 56.3 Å². The number of hydrogen-bond donors (Lipinski definition) is 1. The summed E-state index contributed by atoms with van der Waals surface area (Å²) in [5, 5.41) is 5.21. The number of aromatic nitrogens is 2. The Bertz CT molecular complexity index is 1370. The van der Waals surface area contributed by atoms with E-state index in [-0.39, 0.29) is 6.10 Å². The number of fused-ring (bicyclic) bond motifs is 1. The summed E-state index contributed by atoms with van der Waals surface area (Å²) in [4.78, 5) is 2.51. The lowest BCUT2D eigenvalue weighted by atomic mass is 9.96. The zero-order chi connectivity index (χ0) is 25.4. The first-order valence-electron chi connectivity index (χ1n) is 12.9. The molecule has 2 heterocycles. The van der Waals surface area contributed by atoms with Crippen molar-refractivity contribution in [2.24, 2.45) is 0 Å². The summed E-state index contributed by atoms with van der Waals surface area (Å²) in [6.07, 6.45) is 0.960. The highest BCUT2D eigenvalue weighted by molar-refractivity contribution is 5.72. The summed E-state index contributed by atoms with van der Waals surface area (Å²) in [5.74, 6) is 1.31. The lowest BCUT2D eigenvalue weighted by Crippen LogP contribution is -2.31.